The first-order valence-electron chi connectivity index (χ1n) is 6.75. The van der Waals surface area contributed by atoms with E-state index >= 15 is 0 Å². The zero-order valence-corrected chi connectivity index (χ0v) is 12.0. The number of nitrogens with one attached hydrogen (secondary N) is 1. The van der Waals surface area contributed by atoms with Crippen LogP contribution in [0.5, 0.6) is 0 Å². The molecule has 102 valence electrons. The van der Waals surface area contributed by atoms with E-state index in [0.717, 1.165) is 44.2 Å². The molecule has 0 amide bonds. The minimum absolute atomic E-state index is 0.599. The average Bonchev–Trinajstić information content (AvgIpc) is 2.64. The van der Waals surface area contributed by atoms with Crippen LogP contribution < -0.4 is 5.32 Å². The van der Waals surface area contributed by atoms with Crippen molar-refractivity contribution in [3.8, 4) is 0 Å². The number of hydrogen-bond acceptors (Lipinski definition) is 4. The second kappa shape index (κ2) is 5.87. The van der Waals surface area contributed by atoms with Crippen molar-refractivity contribution >= 4 is 0 Å². The summed E-state index contributed by atoms with van der Waals surface area (Å²) in [5, 5.41) is 3.18. The van der Waals surface area contributed by atoms with Gasteiger partial charge in [0.1, 0.15) is 11.5 Å². The minimum Gasteiger partial charge on any atom is -0.465 e. The molecule has 2 heterocycles. The Hall–Kier alpha value is -0.840. The van der Waals surface area contributed by atoms with Gasteiger partial charge >= 0.3 is 0 Å². The van der Waals surface area contributed by atoms with Crippen LogP contribution >= 0.6 is 0 Å². The van der Waals surface area contributed by atoms with Crippen molar-refractivity contribution in [1.29, 1.82) is 0 Å². The molecule has 2 rings (SSSR count). The molecule has 1 aromatic rings. The van der Waals surface area contributed by atoms with E-state index in [1.165, 1.54) is 5.56 Å². The summed E-state index contributed by atoms with van der Waals surface area (Å²) in [4.78, 5) is 4.89. The van der Waals surface area contributed by atoms with Crippen molar-refractivity contribution in [3.63, 3.8) is 0 Å². The van der Waals surface area contributed by atoms with E-state index in [2.05, 4.69) is 35.2 Å². The number of hydrogen-bond donors (Lipinski definition) is 1. The van der Waals surface area contributed by atoms with Gasteiger partial charge in [-0.2, -0.15) is 0 Å². The van der Waals surface area contributed by atoms with E-state index in [-0.39, 0.29) is 0 Å². The molecule has 4 heteroatoms. The quantitative estimate of drug-likeness (QED) is 0.877. The lowest BCUT2D eigenvalue weighted by Crippen LogP contribution is -2.49. The first kappa shape index (κ1) is 13.6. The highest BCUT2D eigenvalue weighted by Gasteiger charge is 2.22. The van der Waals surface area contributed by atoms with Gasteiger partial charge in [0.05, 0.1) is 6.54 Å². The van der Waals surface area contributed by atoms with Gasteiger partial charge in [-0.3, -0.25) is 4.90 Å². The lowest BCUT2D eigenvalue weighted by molar-refractivity contribution is 0.0872. The fraction of sp³-hybridized carbons (Fsp3) is 0.714. The van der Waals surface area contributed by atoms with Gasteiger partial charge in [0.2, 0.25) is 0 Å². The van der Waals surface area contributed by atoms with Gasteiger partial charge in [-0.15, -0.1) is 0 Å². The summed E-state index contributed by atoms with van der Waals surface area (Å²) in [6.07, 6.45) is 0. The molecule has 1 fully saturated rings. The lowest BCUT2D eigenvalue weighted by Gasteiger charge is -2.37. The molecule has 1 aliphatic heterocycles. The van der Waals surface area contributed by atoms with Gasteiger partial charge in [-0.05, 0) is 34.0 Å². The zero-order chi connectivity index (χ0) is 13.1. The predicted octanol–water partition coefficient (Wildman–Crippen LogP) is 1.44. The molecule has 1 saturated heterocycles. The molecule has 1 atom stereocenters. The van der Waals surface area contributed by atoms with E-state index in [9.17, 15) is 0 Å². The second-order valence-corrected chi connectivity index (χ2v) is 5.41. The van der Waals surface area contributed by atoms with Crippen LogP contribution in [-0.2, 0) is 13.1 Å². The molecule has 18 heavy (non-hydrogen) atoms. The smallest absolute Gasteiger partial charge is 0.118 e. The maximum atomic E-state index is 5.85. The standard InChI is InChI=1S/C14H25N3O/c1-11-9-16(4)5-6-17(11)10-14-7-13(8-15-3)12(2)18-14/h7,11,15H,5-6,8-10H2,1-4H3. The monoisotopic (exact) mass is 251 g/mol. The van der Waals surface area contributed by atoms with Crippen LogP contribution in [0, 0.1) is 6.92 Å². The summed E-state index contributed by atoms with van der Waals surface area (Å²) in [5.74, 6) is 2.13. The number of rotatable bonds is 4. The van der Waals surface area contributed by atoms with E-state index in [4.69, 9.17) is 4.42 Å². The summed E-state index contributed by atoms with van der Waals surface area (Å²) in [6.45, 7) is 9.56. The Balaban J connectivity index is 1.98. The molecule has 0 aliphatic carbocycles. The highest BCUT2D eigenvalue weighted by atomic mass is 16.3. The molecule has 0 saturated carbocycles. The molecule has 1 aliphatic rings. The van der Waals surface area contributed by atoms with E-state index in [1.54, 1.807) is 0 Å². The number of furan rings is 1. The van der Waals surface area contributed by atoms with Crippen molar-refractivity contribution in [3.05, 3.63) is 23.2 Å². The topological polar surface area (TPSA) is 31.6 Å². The average molecular weight is 251 g/mol. The van der Waals surface area contributed by atoms with E-state index in [0.29, 0.717) is 6.04 Å². The van der Waals surface area contributed by atoms with E-state index in [1.807, 2.05) is 14.0 Å². The highest BCUT2D eigenvalue weighted by Crippen LogP contribution is 2.18. The van der Waals surface area contributed by atoms with Gasteiger partial charge in [0, 0.05) is 37.8 Å². The highest BCUT2D eigenvalue weighted by molar-refractivity contribution is 5.20. The van der Waals surface area contributed by atoms with Crippen LogP contribution in [0.1, 0.15) is 24.0 Å². The lowest BCUT2D eigenvalue weighted by atomic mass is 10.2. The summed E-state index contributed by atoms with van der Waals surface area (Å²) < 4.78 is 5.85. The van der Waals surface area contributed by atoms with Crippen molar-refractivity contribution in [2.24, 2.45) is 0 Å². The number of piperazine rings is 1. The molecule has 1 unspecified atom stereocenters. The summed E-state index contributed by atoms with van der Waals surface area (Å²) in [7, 11) is 4.16. The van der Waals surface area contributed by atoms with Crippen LogP contribution in [0.25, 0.3) is 0 Å². The van der Waals surface area contributed by atoms with Crippen LogP contribution in [0.4, 0.5) is 0 Å². The molecular formula is C14H25N3O. The van der Waals surface area contributed by atoms with Gasteiger partial charge in [-0.25, -0.2) is 0 Å². The molecular weight excluding hydrogens is 226 g/mol. The van der Waals surface area contributed by atoms with Crippen molar-refractivity contribution < 1.29 is 4.42 Å². The molecule has 0 bridgehead atoms. The molecule has 1 aromatic heterocycles. The number of aryl methyl sites for hydroxylation is 1. The summed E-state index contributed by atoms with van der Waals surface area (Å²) >= 11 is 0. The third kappa shape index (κ3) is 3.13. The van der Waals surface area contributed by atoms with Gasteiger partial charge in [0.25, 0.3) is 0 Å². The summed E-state index contributed by atoms with van der Waals surface area (Å²) in [6, 6.07) is 2.79. The van der Waals surface area contributed by atoms with Gasteiger partial charge in [0.15, 0.2) is 0 Å². The maximum absolute atomic E-state index is 5.85. The third-order valence-corrected chi connectivity index (χ3v) is 3.77. The Labute approximate surface area is 110 Å². The van der Waals surface area contributed by atoms with Crippen molar-refractivity contribution in [1.82, 2.24) is 15.1 Å². The van der Waals surface area contributed by atoms with Crippen LogP contribution in [0.3, 0.4) is 0 Å². The van der Waals surface area contributed by atoms with Crippen LogP contribution in [0.2, 0.25) is 0 Å². The zero-order valence-electron chi connectivity index (χ0n) is 12.0. The Morgan fingerprint density at radius 1 is 1.44 bits per heavy atom. The first-order valence-corrected chi connectivity index (χ1v) is 6.75. The normalized spacial score (nSPS) is 22.6. The molecule has 0 radical (unpaired) electrons. The van der Waals surface area contributed by atoms with Crippen LogP contribution in [0.15, 0.2) is 10.5 Å². The van der Waals surface area contributed by atoms with Gasteiger partial charge < -0.3 is 14.6 Å². The fourth-order valence-corrected chi connectivity index (χ4v) is 2.64. The molecule has 0 aromatic carbocycles. The van der Waals surface area contributed by atoms with Crippen molar-refractivity contribution in [2.45, 2.75) is 33.0 Å². The Kier molecular flexibility index (Phi) is 4.43. The minimum atomic E-state index is 0.599. The number of likely N-dealkylation sites (N-methyl/N-ethyl adjacent to an activating group) is 1. The molecule has 1 N–H and O–H groups in total. The van der Waals surface area contributed by atoms with E-state index < -0.39 is 0 Å². The van der Waals surface area contributed by atoms with Crippen molar-refractivity contribution in [2.75, 3.05) is 33.7 Å². The second-order valence-electron chi connectivity index (χ2n) is 5.41. The fourth-order valence-electron chi connectivity index (χ4n) is 2.64. The number of nitrogens with zero attached hydrogens (tertiary/aromatic N) is 2. The first-order chi connectivity index (χ1) is 8.60. The Bertz CT molecular complexity index is 388. The molecule has 0 spiro atoms. The largest absolute Gasteiger partial charge is 0.465 e. The predicted molar refractivity (Wildman–Crippen MR) is 73.6 cm³/mol. The van der Waals surface area contributed by atoms with Gasteiger partial charge in [-0.1, -0.05) is 0 Å². The maximum Gasteiger partial charge on any atom is 0.118 e. The van der Waals surface area contributed by atoms with Crippen LogP contribution in [-0.4, -0.2) is 49.6 Å². The Morgan fingerprint density at radius 3 is 2.89 bits per heavy atom. The third-order valence-electron chi connectivity index (χ3n) is 3.77. The Morgan fingerprint density at radius 2 is 2.22 bits per heavy atom. The SMILES string of the molecule is CNCc1cc(CN2CCN(C)CC2C)oc1C. The molecule has 4 nitrogen and oxygen atoms in total. The summed E-state index contributed by atoms with van der Waals surface area (Å²) in [5.41, 5.74) is 1.27.